The summed E-state index contributed by atoms with van der Waals surface area (Å²) < 4.78 is 0. The maximum absolute atomic E-state index is 4.14. The topological polar surface area (TPSA) is 0 Å². The van der Waals surface area contributed by atoms with Gasteiger partial charge in [0.25, 0.3) is 0 Å². The Kier molecular flexibility index (Phi) is 11.7. The number of hydrogen-bond acceptors (Lipinski definition) is 0. The van der Waals surface area contributed by atoms with Crippen LogP contribution in [-0.4, -0.2) is 8.07 Å². The average Bonchev–Trinajstić information content (AvgIpc) is 3.03. The van der Waals surface area contributed by atoms with E-state index in [1.807, 2.05) is 0 Å². The van der Waals surface area contributed by atoms with E-state index >= 15 is 0 Å². The fraction of sp³-hybridized carbons (Fsp3) is 0.455. The van der Waals surface area contributed by atoms with Crippen molar-refractivity contribution in [1.29, 1.82) is 0 Å². The molecular formula is C33H47SiTi. The van der Waals surface area contributed by atoms with Crippen molar-refractivity contribution in [3.63, 3.8) is 0 Å². The van der Waals surface area contributed by atoms with Gasteiger partial charge in [0.1, 0.15) is 8.07 Å². The zero-order valence-electron chi connectivity index (χ0n) is 23.6. The molecule has 2 aromatic carbocycles. The summed E-state index contributed by atoms with van der Waals surface area (Å²) in [6.45, 7) is 14.2. The SMILES string of the molecule is CCc1cc(CC)cc([Si](c2ccccc2)(C2CCCCC2)C2(C)[C-]=C(C)C(C)=C2C)c1.[CH3-].[CH3-].[Ti+3]. The molecule has 0 spiro atoms. The molecule has 2 heteroatoms. The van der Waals surface area contributed by atoms with Crippen molar-refractivity contribution in [3.8, 4) is 0 Å². The van der Waals surface area contributed by atoms with Gasteiger partial charge in [-0.25, -0.2) is 5.57 Å². The molecule has 0 bridgehead atoms. The molecule has 1 saturated carbocycles. The van der Waals surface area contributed by atoms with Crippen LogP contribution in [0.1, 0.15) is 84.8 Å². The van der Waals surface area contributed by atoms with Crippen LogP contribution in [0.2, 0.25) is 10.6 Å². The summed E-state index contributed by atoms with van der Waals surface area (Å²) in [5.74, 6) is 0. The first-order valence-electron chi connectivity index (χ1n) is 12.9. The van der Waals surface area contributed by atoms with Crippen molar-refractivity contribution in [2.45, 2.75) is 97.1 Å². The summed E-state index contributed by atoms with van der Waals surface area (Å²) in [7, 11) is -2.27. The van der Waals surface area contributed by atoms with E-state index in [-0.39, 0.29) is 41.6 Å². The Morgan fingerprint density at radius 1 is 0.829 bits per heavy atom. The molecular weight excluding hydrogens is 472 g/mol. The van der Waals surface area contributed by atoms with Crippen molar-refractivity contribution < 1.29 is 21.7 Å². The standard InChI is InChI=1S/C31H41Si.2CH3.Ti/c1-7-26-19-27(8-2)21-30(20-26)32(28-15-11-9-12-16-28,29-17-13-10-14-18-29)31(6)22-23(3)24(4)25(31)5;;;/h9,11-12,15-16,19-21,29H,7-8,10,13-14,17-18H2,1-6H3;2*1H3;/q3*-1;+3. The Balaban J connectivity index is 0.00000204. The molecule has 0 heterocycles. The fourth-order valence-electron chi connectivity index (χ4n) is 6.87. The van der Waals surface area contributed by atoms with Crippen LogP contribution >= 0.6 is 0 Å². The van der Waals surface area contributed by atoms with Gasteiger partial charge in [-0.3, -0.25) is 6.08 Å². The predicted octanol–water partition coefficient (Wildman–Crippen LogP) is 8.47. The number of aryl methyl sites for hydroxylation is 2. The van der Waals surface area contributed by atoms with Crippen LogP contribution in [-0.2, 0) is 34.6 Å². The zero-order valence-corrected chi connectivity index (χ0v) is 26.2. The van der Waals surface area contributed by atoms with Crippen LogP contribution in [0.3, 0.4) is 0 Å². The molecule has 0 saturated heterocycles. The molecule has 4 rings (SSSR count). The summed E-state index contributed by atoms with van der Waals surface area (Å²) in [4.78, 5) is 0. The Hall–Kier alpha value is -1.15. The minimum Gasteiger partial charge on any atom is -0.358 e. The van der Waals surface area contributed by atoms with Gasteiger partial charge in [-0.2, -0.15) is 11.1 Å². The number of allylic oxidation sites excluding steroid dienone is 4. The van der Waals surface area contributed by atoms with E-state index in [1.54, 1.807) is 15.9 Å². The predicted molar refractivity (Wildman–Crippen MR) is 155 cm³/mol. The van der Waals surface area contributed by atoms with Crippen molar-refractivity contribution in [2.75, 3.05) is 0 Å². The summed E-state index contributed by atoms with van der Waals surface area (Å²) in [5, 5.41) is 3.25. The van der Waals surface area contributed by atoms with Crippen LogP contribution in [0.4, 0.5) is 0 Å². The third kappa shape index (κ3) is 5.29. The van der Waals surface area contributed by atoms with Gasteiger partial charge in [0.2, 0.25) is 0 Å². The molecule has 0 aromatic heterocycles. The molecule has 1 fully saturated rings. The van der Waals surface area contributed by atoms with Crippen molar-refractivity contribution in [2.24, 2.45) is 0 Å². The molecule has 2 unspecified atom stereocenters. The van der Waals surface area contributed by atoms with E-state index in [0.717, 1.165) is 18.4 Å². The molecule has 2 aromatic rings. The number of benzene rings is 2. The number of rotatable bonds is 6. The van der Waals surface area contributed by atoms with Crippen LogP contribution in [0.15, 0.2) is 65.3 Å². The monoisotopic (exact) mass is 519 g/mol. The van der Waals surface area contributed by atoms with Gasteiger partial charge in [0.15, 0.2) is 0 Å². The largest absolute Gasteiger partial charge is 3.00 e. The maximum Gasteiger partial charge on any atom is 3.00 e. The molecule has 2 aliphatic rings. The van der Waals surface area contributed by atoms with Gasteiger partial charge >= 0.3 is 21.7 Å². The molecule has 0 amide bonds. The summed E-state index contributed by atoms with van der Waals surface area (Å²) in [6.07, 6.45) is 13.2. The van der Waals surface area contributed by atoms with Crippen molar-refractivity contribution >= 4 is 18.4 Å². The first-order valence-corrected chi connectivity index (χ1v) is 14.9. The second-order valence-corrected chi connectivity index (χ2v) is 15.0. The van der Waals surface area contributed by atoms with Gasteiger partial charge in [-0.1, -0.05) is 131 Å². The Morgan fingerprint density at radius 2 is 1.37 bits per heavy atom. The van der Waals surface area contributed by atoms with Crippen LogP contribution in [0, 0.1) is 20.9 Å². The molecule has 2 aliphatic carbocycles. The second kappa shape index (κ2) is 12.9. The zero-order chi connectivity index (χ0) is 22.9. The number of hydrogen-bond donors (Lipinski definition) is 0. The van der Waals surface area contributed by atoms with E-state index in [9.17, 15) is 0 Å². The van der Waals surface area contributed by atoms with Gasteiger partial charge in [-0.05, 0) is 29.5 Å². The third-order valence-corrected chi connectivity index (χ3v) is 15.2. The second-order valence-electron chi connectivity index (χ2n) is 10.4. The normalized spacial score (nSPS) is 21.8. The summed E-state index contributed by atoms with van der Waals surface area (Å²) in [5.41, 5.74) is 8.17. The Labute approximate surface area is 233 Å². The first-order chi connectivity index (χ1) is 15.4. The molecule has 0 nitrogen and oxygen atoms in total. The molecule has 1 radical (unpaired) electrons. The van der Waals surface area contributed by atoms with Crippen molar-refractivity contribution in [3.05, 3.63) is 97.3 Å². The Morgan fingerprint density at radius 3 is 1.83 bits per heavy atom. The average molecular weight is 520 g/mol. The smallest absolute Gasteiger partial charge is 0.358 e. The van der Waals surface area contributed by atoms with Crippen molar-refractivity contribution in [1.82, 2.24) is 0 Å². The minimum absolute atomic E-state index is 0. The van der Waals surface area contributed by atoms with E-state index in [1.165, 1.54) is 54.4 Å². The molecule has 0 aliphatic heterocycles. The summed E-state index contributed by atoms with van der Waals surface area (Å²) >= 11 is 0. The van der Waals surface area contributed by atoms with Gasteiger partial charge in [0, 0.05) is 0 Å². The van der Waals surface area contributed by atoms with E-state index in [2.05, 4.69) is 96.1 Å². The summed E-state index contributed by atoms with van der Waals surface area (Å²) in [6, 6.07) is 19.4. The van der Waals surface area contributed by atoms with E-state index in [4.69, 9.17) is 0 Å². The fourth-order valence-corrected chi connectivity index (χ4v) is 14.1. The third-order valence-electron chi connectivity index (χ3n) is 8.87. The molecule has 2 atom stereocenters. The minimum atomic E-state index is -2.27. The van der Waals surface area contributed by atoms with E-state index in [0.29, 0.717) is 0 Å². The van der Waals surface area contributed by atoms with Crippen LogP contribution in [0.5, 0.6) is 0 Å². The Bertz CT molecular complexity index is 1010. The first kappa shape index (κ1) is 31.9. The van der Waals surface area contributed by atoms with E-state index < -0.39 is 8.07 Å². The quantitative estimate of drug-likeness (QED) is 0.265. The maximum atomic E-state index is 4.14. The van der Waals surface area contributed by atoms with Crippen LogP contribution in [0.25, 0.3) is 0 Å². The van der Waals surface area contributed by atoms with Crippen LogP contribution < -0.4 is 10.4 Å². The molecule has 35 heavy (non-hydrogen) atoms. The van der Waals surface area contributed by atoms with Gasteiger partial charge < -0.3 is 14.9 Å². The van der Waals surface area contributed by atoms with Gasteiger partial charge in [0.05, 0.1) is 0 Å². The van der Waals surface area contributed by atoms with Gasteiger partial charge in [-0.15, -0.1) is 6.92 Å². The molecule has 187 valence electrons. The molecule has 0 N–H and O–H groups in total.